The number of ether oxygens (including phenoxy) is 1. The van der Waals surface area contributed by atoms with Crippen LogP contribution in [0, 0.1) is 5.92 Å². The van der Waals surface area contributed by atoms with Crippen molar-refractivity contribution in [1.29, 1.82) is 0 Å². The molecule has 7 heteroatoms. The molecule has 0 radical (unpaired) electrons. The van der Waals surface area contributed by atoms with Crippen molar-refractivity contribution in [3.8, 4) is 0 Å². The van der Waals surface area contributed by atoms with E-state index in [-0.39, 0.29) is 19.7 Å². The Morgan fingerprint density at radius 3 is 2.44 bits per heavy atom. The SMILES string of the molecule is COCCN(CCO)S(=O)(=O)N1CCC(C)CC1. The van der Waals surface area contributed by atoms with Crippen LogP contribution in [-0.2, 0) is 14.9 Å². The smallest absolute Gasteiger partial charge is 0.282 e. The van der Waals surface area contributed by atoms with E-state index in [2.05, 4.69) is 6.92 Å². The third-order valence-electron chi connectivity index (χ3n) is 3.29. The molecule has 108 valence electrons. The standard InChI is InChI=1S/C11H24N2O4S/c1-11-3-5-12(6-4-11)18(15,16)13(7-9-14)8-10-17-2/h11,14H,3-10H2,1-2H3. The van der Waals surface area contributed by atoms with Crippen LogP contribution in [0.25, 0.3) is 0 Å². The number of hydrogen-bond acceptors (Lipinski definition) is 4. The molecule has 0 saturated carbocycles. The van der Waals surface area contributed by atoms with Crippen LogP contribution >= 0.6 is 0 Å². The average molecular weight is 280 g/mol. The van der Waals surface area contributed by atoms with E-state index in [0.29, 0.717) is 25.6 Å². The first kappa shape index (κ1) is 15.8. The Bertz CT molecular complexity index is 326. The maximum Gasteiger partial charge on any atom is 0.282 e. The molecule has 1 saturated heterocycles. The summed E-state index contributed by atoms with van der Waals surface area (Å²) >= 11 is 0. The zero-order valence-corrected chi connectivity index (χ0v) is 12.0. The molecule has 0 amide bonds. The van der Waals surface area contributed by atoms with Crippen LogP contribution in [0.2, 0.25) is 0 Å². The molecule has 0 aliphatic carbocycles. The number of nitrogens with zero attached hydrogens (tertiary/aromatic N) is 2. The fourth-order valence-corrected chi connectivity index (χ4v) is 3.64. The van der Waals surface area contributed by atoms with Gasteiger partial charge in [-0.05, 0) is 18.8 Å². The summed E-state index contributed by atoms with van der Waals surface area (Å²) in [6.45, 7) is 3.84. The Balaban J connectivity index is 2.68. The van der Waals surface area contributed by atoms with Gasteiger partial charge in [0, 0.05) is 33.3 Å². The first-order valence-electron chi connectivity index (χ1n) is 6.37. The van der Waals surface area contributed by atoms with Gasteiger partial charge in [0.1, 0.15) is 0 Å². The second-order valence-electron chi connectivity index (χ2n) is 4.70. The molecule has 18 heavy (non-hydrogen) atoms. The summed E-state index contributed by atoms with van der Waals surface area (Å²) in [4.78, 5) is 0. The molecule has 0 aromatic carbocycles. The summed E-state index contributed by atoms with van der Waals surface area (Å²) in [5.74, 6) is 0.585. The molecule has 0 spiro atoms. The van der Waals surface area contributed by atoms with Crippen LogP contribution in [0.3, 0.4) is 0 Å². The maximum atomic E-state index is 12.4. The summed E-state index contributed by atoms with van der Waals surface area (Å²) in [5.41, 5.74) is 0. The van der Waals surface area contributed by atoms with Gasteiger partial charge in [0.15, 0.2) is 0 Å². The molecule has 1 heterocycles. The zero-order chi connectivity index (χ0) is 13.6. The Labute approximate surface area is 110 Å². The second kappa shape index (κ2) is 7.40. The summed E-state index contributed by atoms with van der Waals surface area (Å²) in [5, 5.41) is 8.97. The van der Waals surface area contributed by atoms with Crippen molar-refractivity contribution in [2.45, 2.75) is 19.8 Å². The van der Waals surface area contributed by atoms with Gasteiger partial charge in [0.05, 0.1) is 13.2 Å². The van der Waals surface area contributed by atoms with Crippen LogP contribution in [-0.4, -0.2) is 68.6 Å². The summed E-state index contributed by atoms with van der Waals surface area (Å²) in [7, 11) is -1.92. The third kappa shape index (κ3) is 4.17. The fraction of sp³-hybridized carbons (Fsp3) is 1.00. The van der Waals surface area contributed by atoms with Gasteiger partial charge in [-0.3, -0.25) is 0 Å². The highest BCUT2D eigenvalue weighted by Gasteiger charge is 2.31. The number of aliphatic hydroxyl groups excluding tert-OH is 1. The van der Waals surface area contributed by atoms with E-state index in [4.69, 9.17) is 9.84 Å². The van der Waals surface area contributed by atoms with Gasteiger partial charge >= 0.3 is 0 Å². The van der Waals surface area contributed by atoms with Crippen molar-refractivity contribution in [2.24, 2.45) is 5.92 Å². The van der Waals surface area contributed by atoms with E-state index >= 15 is 0 Å². The van der Waals surface area contributed by atoms with Crippen LogP contribution < -0.4 is 0 Å². The third-order valence-corrected chi connectivity index (χ3v) is 5.32. The molecule has 0 bridgehead atoms. The molecular formula is C11H24N2O4S. The van der Waals surface area contributed by atoms with Crippen LogP contribution in [0.15, 0.2) is 0 Å². The van der Waals surface area contributed by atoms with Gasteiger partial charge in [0.2, 0.25) is 0 Å². The minimum Gasteiger partial charge on any atom is -0.395 e. The van der Waals surface area contributed by atoms with Gasteiger partial charge in [-0.15, -0.1) is 0 Å². The van der Waals surface area contributed by atoms with E-state index in [1.807, 2.05) is 0 Å². The van der Waals surface area contributed by atoms with Gasteiger partial charge in [0.25, 0.3) is 10.2 Å². The van der Waals surface area contributed by atoms with Crippen LogP contribution in [0.5, 0.6) is 0 Å². The maximum absolute atomic E-state index is 12.4. The van der Waals surface area contributed by atoms with Gasteiger partial charge in [-0.25, -0.2) is 0 Å². The van der Waals surface area contributed by atoms with E-state index < -0.39 is 10.2 Å². The molecule has 0 atom stereocenters. The van der Waals surface area contributed by atoms with Crippen molar-refractivity contribution >= 4 is 10.2 Å². The lowest BCUT2D eigenvalue weighted by atomic mass is 10.0. The Kier molecular flexibility index (Phi) is 6.51. The van der Waals surface area contributed by atoms with E-state index in [1.165, 1.54) is 15.7 Å². The van der Waals surface area contributed by atoms with Crippen molar-refractivity contribution in [1.82, 2.24) is 8.61 Å². The summed E-state index contributed by atoms with van der Waals surface area (Å²) < 4.78 is 32.5. The van der Waals surface area contributed by atoms with E-state index in [1.54, 1.807) is 0 Å². The molecule has 1 N–H and O–H groups in total. The molecular weight excluding hydrogens is 256 g/mol. The highest BCUT2D eigenvalue weighted by Crippen LogP contribution is 2.20. The van der Waals surface area contributed by atoms with Crippen molar-refractivity contribution in [2.75, 3.05) is 46.5 Å². The molecule has 1 aliphatic rings. The van der Waals surface area contributed by atoms with Gasteiger partial charge in [-0.2, -0.15) is 17.0 Å². The Morgan fingerprint density at radius 2 is 1.94 bits per heavy atom. The number of hydrogen-bond donors (Lipinski definition) is 1. The normalized spacial score (nSPS) is 19.6. The lowest BCUT2D eigenvalue weighted by Crippen LogP contribution is -2.48. The number of piperidine rings is 1. The quantitative estimate of drug-likeness (QED) is 0.707. The molecule has 1 fully saturated rings. The number of methoxy groups -OCH3 is 1. The number of rotatable bonds is 7. The summed E-state index contributed by atoms with van der Waals surface area (Å²) in [6.07, 6.45) is 1.80. The first-order valence-corrected chi connectivity index (χ1v) is 7.77. The minimum atomic E-state index is -3.46. The van der Waals surface area contributed by atoms with Gasteiger partial charge < -0.3 is 9.84 Å². The van der Waals surface area contributed by atoms with Crippen LogP contribution in [0.4, 0.5) is 0 Å². The molecule has 0 aromatic heterocycles. The second-order valence-corrected chi connectivity index (χ2v) is 6.63. The van der Waals surface area contributed by atoms with Crippen molar-refractivity contribution in [3.63, 3.8) is 0 Å². The Morgan fingerprint density at radius 1 is 1.33 bits per heavy atom. The predicted molar refractivity (Wildman–Crippen MR) is 69.4 cm³/mol. The summed E-state index contributed by atoms with van der Waals surface area (Å²) in [6, 6.07) is 0. The highest BCUT2D eigenvalue weighted by atomic mass is 32.2. The molecule has 1 aliphatic heterocycles. The average Bonchev–Trinajstić information content (AvgIpc) is 2.35. The van der Waals surface area contributed by atoms with E-state index in [9.17, 15) is 8.42 Å². The fourth-order valence-electron chi connectivity index (χ4n) is 2.03. The first-order chi connectivity index (χ1) is 8.52. The van der Waals surface area contributed by atoms with Crippen LogP contribution in [0.1, 0.15) is 19.8 Å². The predicted octanol–water partition coefficient (Wildman–Crippen LogP) is -0.0962. The van der Waals surface area contributed by atoms with E-state index in [0.717, 1.165) is 12.8 Å². The Hall–Kier alpha value is -0.210. The van der Waals surface area contributed by atoms with Crippen molar-refractivity contribution in [3.05, 3.63) is 0 Å². The monoisotopic (exact) mass is 280 g/mol. The largest absolute Gasteiger partial charge is 0.395 e. The minimum absolute atomic E-state index is 0.123. The zero-order valence-electron chi connectivity index (χ0n) is 11.2. The lowest BCUT2D eigenvalue weighted by molar-refractivity contribution is 0.162. The molecule has 0 aromatic rings. The lowest BCUT2D eigenvalue weighted by Gasteiger charge is -2.33. The van der Waals surface area contributed by atoms with Crippen molar-refractivity contribution < 1.29 is 18.3 Å². The molecule has 6 nitrogen and oxygen atoms in total. The topological polar surface area (TPSA) is 70.1 Å². The molecule has 0 unspecified atom stereocenters. The van der Waals surface area contributed by atoms with Gasteiger partial charge in [-0.1, -0.05) is 6.92 Å². The number of aliphatic hydroxyl groups is 1. The highest BCUT2D eigenvalue weighted by molar-refractivity contribution is 7.86. The molecule has 1 rings (SSSR count).